The average Bonchev–Trinajstić information content (AvgIpc) is 2.56. The molecule has 0 bridgehead atoms. The first-order valence-electron chi connectivity index (χ1n) is 5.32. The van der Waals surface area contributed by atoms with E-state index in [9.17, 15) is 0 Å². The normalized spacial score (nSPS) is 11.6. The lowest BCUT2D eigenvalue weighted by Crippen LogP contribution is -2.07. The number of fused-ring (bicyclic) bond motifs is 1. The highest BCUT2D eigenvalue weighted by Gasteiger charge is 2.11. The van der Waals surface area contributed by atoms with Crippen molar-refractivity contribution in [2.75, 3.05) is 0 Å². The van der Waals surface area contributed by atoms with Gasteiger partial charge < -0.3 is 4.57 Å². The van der Waals surface area contributed by atoms with Gasteiger partial charge in [-0.1, -0.05) is 29.8 Å². The third-order valence-corrected chi connectivity index (χ3v) is 3.19. The van der Waals surface area contributed by atoms with Crippen molar-refractivity contribution < 1.29 is 0 Å². The molecule has 0 aliphatic carbocycles. The molecule has 0 saturated heterocycles. The topological polar surface area (TPSA) is 17.8 Å². The summed E-state index contributed by atoms with van der Waals surface area (Å²) in [4.78, 5) is 4.54. The number of imidazole rings is 1. The van der Waals surface area contributed by atoms with Gasteiger partial charge in [0, 0.05) is 11.0 Å². The second-order valence-electron chi connectivity index (χ2n) is 4.30. The van der Waals surface area contributed by atoms with Crippen molar-refractivity contribution >= 4 is 38.6 Å². The van der Waals surface area contributed by atoms with E-state index in [0.29, 0.717) is 11.8 Å². The zero-order chi connectivity index (χ0) is 11.7. The van der Waals surface area contributed by atoms with Gasteiger partial charge in [-0.3, -0.25) is 0 Å². The molecule has 0 spiro atoms. The highest BCUT2D eigenvalue weighted by atomic mass is 79.9. The Morgan fingerprint density at radius 3 is 2.81 bits per heavy atom. The summed E-state index contributed by atoms with van der Waals surface area (Å²) >= 11 is 9.42. The Bertz CT molecular complexity index is 505. The number of benzene rings is 1. The number of hydrogen-bond donors (Lipinski definition) is 0. The van der Waals surface area contributed by atoms with Gasteiger partial charge in [0.05, 0.1) is 16.9 Å². The first kappa shape index (κ1) is 11.9. The van der Waals surface area contributed by atoms with Crippen LogP contribution in [0.25, 0.3) is 11.0 Å². The van der Waals surface area contributed by atoms with Crippen LogP contribution < -0.4 is 0 Å². The summed E-state index contributed by atoms with van der Waals surface area (Å²) in [5, 5.41) is 0. The number of nitrogens with zero attached hydrogens (tertiary/aromatic N) is 2. The first-order chi connectivity index (χ1) is 7.61. The molecule has 0 radical (unpaired) electrons. The third kappa shape index (κ3) is 2.25. The fraction of sp³-hybridized carbons (Fsp3) is 0.417. The lowest BCUT2D eigenvalue weighted by Gasteiger charge is -2.10. The summed E-state index contributed by atoms with van der Waals surface area (Å²) in [6, 6.07) is 6.13. The smallest absolute Gasteiger partial charge is 0.124 e. The van der Waals surface area contributed by atoms with Gasteiger partial charge in [0.1, 0.15) is 5.82 Å². The minimum atomic E-state index is 0.457. The van der Waals surface area contributed by atoms with Crippen molar-refractivity contribution in [3.8, 4) is 0 Å². The van der Waals surface area contributed by atoms with Gasteiger partial charge in [-0.2, -0.15) is 0 Å². The van der Waals surface area contributed by atoms with Gasteiger partial charge in [0.15, 0.2) is 0 Å². The molecular weight excluding hydrogens is 288 g/mol. The van der Waals surface area contributed by atoms with E-state index in [0.717, 1.165) is 27.9 Å². The number of alkyl halides is 1. The molecule has 0 aliphatic heterocycles. The van der Waals surface area contributed by atoms with Crippen molar-refractivity contribution in [2.24, 2.45) is 5.92 Å². The van der Waals surface area contributed by atoms with Gasteiger partial charge >= 0.3 is 0 Å². The second kappa shape index (κ2) is 4.76. The fourth-order valence-corrected chi connectivity index (χ4v) is 2.37. The molecule has 0 unspecified atom stereocenters. The lowest BCUT2D eigenvalue weighted by molar-refractivity contribution is 0.522. The largest absolute Gasteiger partial charge is 0.327 e. The molecule has 0 aliphatic rings. The van der Waals surface area contributed by atoms with E-state index in [4.69, 9.17) is 11.6 Å². The minimum Gasteiger partial charge on any atom is -0.327 e. The van der Waals surface area contributed by atoms with Gasteiger partial charge in [0.25, 0.3) is 0 Å². The van der Waals surface area contributed by atoms with E-state index < -0.39 is 0 Å². The molecule has 86 valence electrons. The van der Waals surface area contributed by atoms with E-state index in [1.54, 1.807) is 0 Å². The second-order valence-corrected chi connectivity index (χ2v) is 5.48. The van der Waals surface area contributed by atoms with E-state index in [1.165, 1.54) is 0 Å². The maximum atomic E-state index is 5.93. The number of aromatic nitrogens is 2. The zero-order valence-electron chi connectivity index (χ0n) is 9.37. The van der Waals surface area contributed by atoms with Crippen LogP contribution in [-0.2, 0) is 12.4 Å². The van der Waals surface area contributed by atoms with Crippen molar-refractivity contribution in [3.05, 3.63) is 28.5 Å². The molecule has 0 fully saturated rings. The number of hydrogen-bond acceptors (Lipinski definition) is 1. The molecule has 2 rings (SSSR count). The Balaban J connectivity index is 2.60. The maximum absolute atomic E-state index is 5.93. The van der Waals surface area contributed by atoms with Crippen molar-refractivity contribution in [2.45, 2.75) is 26.3 Å². The summed E-state index contributed by atoms with van der Waals surface area (Å²) in [5.74, 6) is 1.99. The van der Waals surface area contributed by atoms with E-state index in [1.807, 2.05) is 12.1 Å². The molecule has 1 aromatic carbocycles. The summed E-state index contributed by atoms with van der Waals surface area (Å²) in [5.41, 5.74) is 2.17. The minimum absolute atomic E-state index is 0.457. The Hall–Kier alpha value is -0.540. The molecule has 0 atom stereocenters. The Morgan fingerprint density at radius 2 is 2.19 bits per heavy atom. The maximum Gasteiger partial charge on any atom is 0.124 e. The van der Waals surface area contributed by atoms with Gasteiger partial charge in [-0.25, -0.2) is 4.98 Å². The van der Waals surface area contributed by atoms with Crippen LogP contribution in [0.3, 0.4) is 0 Å². The predicted molar refractivity (Wildman–Crippen MR) is 71.8 cm³/mol. The molecule has 1 heterocycles. The van der Waals surface area contributed by atoms with Crippen LogP contribution in [-0.4, -0.2) is 9.55 Å². The molecule has 16 heavy (non-hydrogen) atoms. The van der Waals surface area contributed by atoms with Gasteiger partial charge in [-0.05, 0) is 24.1 Å². The summed E-state index contributed by atoms with van der Waals surface area (Å²) < 4.78 is 3.28. The van der Waals surface area contributed by atoms with E-state index in [2.05, 4.69) is 45.4 Å². The van der Waals surface area contributed by atoms with Crippen LogP contribution in [0.1, 0.15) is 19.7 Å². The summed E-state index contributed by atoms with van der Waals surface area (Å²) in [6.45, 7) is 5.35. The monoisotopic (exact) mass is 300 g/mol. The van der Waals surface area contributed by atoms with Crippen LogP contribution in [0.4, 0.5) is 0 Å². The van der Waals surface area contributed by atoms with Crippen LogP contribution >= 0.6 is 27.5 Å². The summed E-state index contributed by atoms with van der Waals surface area (Å²) in [6.07, 6.45) is 0. The SMILES string of the molecule is CC(C)Cn1c(CCl)nc2ccc(Br)cc21. The quantitative estimate of drug-likeness (QED) is 0.777. The molecule has 2 nitrogen and oxygen atoms in total. The lowest BCUT2D eigenvalue weighted by atomic mass is 10.2. The standard InChI is InChI=1S/C12H14BrClN2/c1-8(2)7-16-11-5-9(13)3-4-10(11)15-12(16)6-14/h3-5,8H,6-7H2,1-2H3. The van der Waals surface area contributed by atoms with Crippen molar-refractivity contribution in [3.63, 3.8) is 0 Å². The average molecular weight is 302 g/mol. The molecular formula is C12H14BrClN2. The number of halogens is 2. The Labute approximate surface area is 109 Å². The molecule has 0 saturated carbocycles. The van der Waals surface area contributed by atoms with E-state index in [-0.39, 0.29) is 0 Å². The fourth-order valence-electron chi connectivity index (χ4n) is 1.82. The summed E-state index contributed by atoms with van der Waals surface area (Å²) in [7, 11) is 0. The van der Waals surface area contributed by atoms with Gasteiger partial charge in [0.2, 0.25) is 0 Å². The Kier molecular flexibility index (Phi) is 3.55. The molecule has 1 aromatic heterocycles. The molecule has 4 heteroatoms. The van der Waals surface area contributed by atoms with Crippen LogP contribution in [0.5, 0.6) is 0 Å². The predicted octanol–water partition coefficient (Wildman–Crippen LogP) is 4.19. The van der Waals surface area contributed by atoms with Gasteiger partial charge in [-0.15, -0.1) is 11.6 Å². The molecule has 2 aromatic rings. The first-order valence-corrected chi connectivity index (χ1v) is 6.65. The number of rotatable bonds is 3. The molecule has 0 N–H and O–H groups in total. The van der Waals surface area contributed by atoms with Crippen LogP contribution in [0.15, 0.2) is 22.7 Å². The molecule has 0 amide bonds. The zero-order valence-corrected chi connectivity index (χ0v) is 11.7. The van der Waals surface area contributed by atoms with E-state index >= 15 is 0 Å². The highest BCUT2D eigenvalue weighted by molar-refractivity contribution is 9.10. The van der Waals surface area contributed by atoms with Crippen LogP contribution in [0.2, 0.25) is 0 Å². The highest BCUT2D eigenvalue weighted by Crippen LogP contribution is 2.22. The third-order valence-electron chi connectivity index (χ3n) is 2.46. The van der Waals surface area contributed by atoms with Crippen molar-refractivity contribution in [1.82, 2.24) is 9.55 Å². The Morgan fingerprint density at radius 1 is 1.44 bits per heavy atom. The van der Waals surface area contributed by atoms with Crippen LogP contribution in [0, 0.1) is 5.92 Å². The van der Waals surface area contributed by atoms with Crippen molar-refractivity contribution in [1.29, 1.82) is 0 Å².